The van der Waals surface area contributed by atoms with E-state index in [-0.39, 0.29) is 6.04 Å². The Morgan fingerprint density at radius 3 is 2.54 bits per heavy atom. The number of nitrogens with zero attached hydrogens (tertiary/aromatic N) is 1. The smallest absolute Gasteiger partial charge is 0.161 e. The molecule has 0 saturated carbocycles. The van der Waals surface area contributed by atoms with Crippen LogP contribution in [0, 0.1) is 0 Å². The molecule has 2 aromatic carbocycles. The fourth-order valence-electron chi connectivity index (χ4n) is 3.76. The van der Waals surface area contributed by atoms with Crippen LogP contribution in [0.1, 0.15) is 17.2 Å². The first-order valence-electron chi connectivity index (χ1n) is 8.94. The van der Waals surface area contributed by atoms with Gasteiger partial charge in [0.25, 0.3) is 0 Å². The molecule has 1 fully saturated rings. The summed E-state index contributed by atoms with van der Waals surface area (Å²) in [6.45, 7) is 4.10. The Labute approximate surface area is 158 Å². The second-order valence-electron chi connectivity index (χ2n) is 6.49. The van der Waals surface area contributed by atoms with Gasteiger partial charge in [-0.1, -0.05) is 24.3 Å². The molecule has 136 valence electrons. The van der Waals surface area contributed by atoms with Gasteiger partial charge in [-0.15, -0.1) is 11.3 Å². The normalized spacial score (nSPS) is 16.5. The Hall–Kier alpha value is -2.08. The van der Waals surface area contributed by atoms with E-state index in [1.807, 2.05) is 17.4 Å². The van der Waals surface area contributed by atoms with Crippen LogP contribution in [0.5, 0.6) is 11.5 Å². The van der Waals surface area contributed by atoms with Crippen molar-refractivity contribution in [3.8, 4) is 11.5 Å². The third-order valence-corrected chi connectivity index (χ3v) is 6.03. The number of ether oxygens (including phenoxy) is 2. The number of methoxy groups -OCH3 is 2. The van der Waals surface area contributed by atoms with Crippen molar-refractivity contribution in [1.29, 1.82) is 0 Å². The predicted molar refractivity (Wildman–Crippen MR) is 108 cm³/mol. The fraction of sp³-hybridized carbons (Fsp3) is 0.333. The molecule has 1 N–H and O–H groups in total. The summed E-state index contributed by atoms with van der Waals surface area (Å²) in [5, 5.41) is 7.12. The van der Waals surface area contributed by atoms with E-state index in [4.69, 9.17) is 9.47 Å². The lowest BCUT2D eigenvalue weighted by molar-refractivity contribution is 0.199. The second-order valence-corrected chi connectivity index (χ2v) is 7.40. The van der Waals surface area contributed by atoms with E-state index in [1.54, 1.807) is 14.2 Å². The molecule has 4 nitrogen and oxygen atoms in total. The second kappa shape index (κ2) is 7.66. The van der Waals surface area contributed by atoms with E-state index < -0.39 is 0 Å². The minimum absolute atomic E-state index is 0.216. The molecule has 3 aromatic rings. The van der Waals surface area contributed by atoms with Crippen LogP contribution >= 0.6 is 11.3 Å². The number of rotatable bonds is 5. The van der Waals surface area contributed by atoms with Crippen LogP contribution in [0.15, 0.2) is 47.8 Å². The summed E-state index contributed by atoms with van der Waals surface area (Å²) >= 11 is 1.82. The van der Waals surface area contributed by atoms with Gasteiger partial charge in [-0.25, -0.2) is 0 Å². The highest BCUT2D eigenvalue weighted by atomic mass is 32.1. The van der Waals surface area contributed by atoms with E-state index in [0.717, 1.165) is 37.7 Å². The van der Waals surface area contributed by atoms with Crippen LogP contribution in [-0.4, -0.2) is 45.3 Å². The zero-order chi connectivity index (χ0) is 17.9. The highest BCUT2D eigenvalue weighted by Gasteiger charge is 2.27. The Bertz CT molecular complexity index is 887. The lowest BCUT2D eigenvalue weighted by atomic mass is 9.95. The van der Waals surface area contributed by atoms with Gasteiger partial charge in [-0.05, 0) is 40.1 Å². The summed E-state index contributed by atoms with van der Waals surface area (Å²) in [5.74, 6) is 1.55. The Kier molecular flexibility index (Phi) is 5.11. The maximum Gasteiger partial charge on any atom is 0.161 e. The number of benzene rings is 2. The molecule has 1 aromatic heterocycles. The quantitative estimate of drug-likeness (QED) is 0.740. The highest BCUT2D eigenvalue weighted by molar-refractivity contribution is 7.17. The minimum atomic E-state index is 0.216. The van der Waals surface area contributed by atoms with E-state index in [9.17, 15) is 0 Å². The summed E-state index contributed by atoms with van der Waals surface area (Å²) in [6, 6.07) is 15.2. The SMILES string of the molecule is COc1ccc(C(c2csc3ccccc23)N2CCNCC2)cc1OC. The van der Waals surface area contributed by atoms with Crippen molar-refractivity contribution in [2.75, 3.05) is 40.4 Å². The summed E-state index contributed by atoms with van der Waals surface area (Å²) in [7, 11) is 3.37. The van der Waals surface area contributed by atoms with Crippen LogP contribution in [0.3, 0.4) is 0 Å². The molecule has 26 heavy (non-hydrogen) atoms. The molecule has 1 aliphatic heterocycles. The number of thiophene rings is 1. The molecule has 1 unspecified atom stereocenters. The van der Waals surface area contributed by atoms with Gasteiger partial charge in [0.2, 0.25) is 0 Å². The summed E-state index contributed by atoms with van der Waals surface area (Å²) in [4.78, 5) is 2.56. The Balaban J connectivity index is 1.83. The molecule has 1 aliphatic rings. The summed E-state index contributed by atoms with van der Waals surface area (Å²) < 4.78 is 12.3. The van der Waals surface area contributed by atoms with Crippen LogP contribution in [0.25, 0.3) is 10.1 Å². The first-order chi connectivity index (χ1) is 12.8. The topological polar surface area (TPSA) is 33.7 Å². The van der Waals surface area contributed by atoms with Crippen molar-refractivity contribution >= 4 is 21.4 Å². The average Bonchev–Trinajstić information content (AvgIpc) is 3.13. The van der Waals surface area contributed by atoms with Crippen LogP contribution in [0.4, 0.5) is 0 Å². The van der Waals surface area contributed by atoms with E-state index in [1.165, 1.54) is 21.2 Å². The molecule has 0 bridgehead atoms. The molecular formula is C21H24N2O2S. The van der Waals surface area contributed by atoms with Crippen LogP contribution in [-0.2, 0) is 0 Å². The van der Waals surface area contributed by atoms with Gasteiger partial charge in [0.05, 0.1) is 20.3 Å². The van der Waals surface area contributed by atoms with Gasteiger partial charge < -0.3 is 14.8 Å². The maximum atomic E-state index is 5.57. The van der Waals surface area contributed by atoms with E-state index in [0.29, 0.717) is 0 Å². The number of piperazine rings is 1. The molecule has 0 radical (unpaired) electrons. The lowest BCUT2D eigenvalue weighted by Crippen LogP contribution is -2.45. The summed E-state index contributed by atoms with van der Waals surface area (Å²) in [5.41, 5.74) is 2.62. The van der Waals surface area contributed by atoms with Gasteiger partial charge in [-0.2, -0.15) is 0 Å². The zero-order valence-corrected chi connectivity index (χ0v) is 16.0. The predicted octanol–water partition coefficient (Wildman–Crippen LogP) is 3.91. The minimum Gasteiger partial charge on any atom is -0.493 e. The van der Waals surface area contributed by atoms with Crippen molar-refractivity contribution < 1.29 is 9.47 Å². The standard InChI is InChI=1S/C21H24N2O2S/c1-24-18-8-7-15(13-19(18)25-2)21(23-11-9-22-10-12-23)17-14-26-20-6-4-3-5-16(17)20/h3-8,13-14,21-22H,9-12H2,1-2H3. The average molecular weight is 369 g/mol. The molecule has 0 amide bonds. The first kappa shape index (κ1) is 17.3. The maximum absolute atomic E-state index is 5.57. The number of hydrogen-bond donors (Lipinski definition) is 1. The van der Waals surface area contributed by atoms with Gasteiger partial charge in [0.15, 0.2) is 11.5 Å². The van der Waals surface area contributed by atoms with Crippen LogP contribution in [0.2, 0.25) is 0 Å². The third-order valence-electron chi connectivity index (χ3n) is 5.05. The van der Waals surface area contributed by atoms with Crippen LogP contribution < -0.4 is 14.8 Å². The van der Waals surface area contributed by atoms with Gasteiger partial charge in [-0.3, -0.25) is 4.90 Å². The summed E-state index contributed by atoms with van der Waals surface area (Å²) in [6.07, 6.45) is 0. The molecule has 0 aliphatic carbocycles. The van der Waals surface area contributed by atoms with Crippen molar-refractivity contribution in [3.63, 3.8) is 0 Å². The van der Waals surface area contributed by atoms with Gasteiger partial charge in [0, 0.05) is 30.9 Å². The number of fused-ring (bicyclic) bond motifs is 1. The molecule has 5 heteroatoms. The molecule has 1 saturated heterocycles. The van der Waals surface area contributed by atoms with E-state index >= 15 is 0 Å². The Morgan fingerprint density at radius 2 is 1.77 bits per heavy atom. The molecule has 0 spiro atoms. The van der Waals surface area contributed by atoms with Crippen molar-refractivity contribution in [2.24, 2.45) is 0 Å². The van der Waals surface area contributed by atoms with Gasteiger partial charge in [0.1, 0.15) is 0 Å². The highest BCUT2D eigenvalue weighted by Crippen LogP contribution is 2.39. The molecule has 4 rings (SSSR count). The molecule has 1 atom stereocenters. The lowest BCUT2D eigenvalue weighted by Gasteiger charge is -2.35. The van der Waals surface area contributed by atoms with Crippen molar-refractivity contribution in [1.82, 2.24) is 10.2 Å². The fourth-order valence-corrected chi connectivity index (χ4v) is 4.74. The number of nitrogens with one attached hydrogen (secondary N) is 1. The molecular weight excluding hydrogens is 344 g/mol. The van der Waals surface area contributed by atoms with Crippen molar-refractivity contribution in [2.45, 2.75) is 6.04 Å². The monoisotopic (exact) mass is 368 g/mol. The van der Waals surface area contributed by atoms with E-state index in [2.05, 4.69) is 52.0 Å². The third kappa shape index (κ3) is 3.18. The Morgan fingerprint density at radius 1 is 1.00 bits per heavy atom. The van der Waals surface area contributed by atoms with Gasteiger partial charge >= 0.3 is 0 Å². The molecule has 2 heterocycles. The van der Waals surface area contributed by atoms with Crippen molar-refractivity contribution in [3.05, 3.63) is 59.0 Å². The largest absolute Gasteiger partial charge is 0.493 e. The first-order valence-corrected chi connectivity index (χ1v) is 9.82. The number of hydrogen-bond acceptors (Lipinski definition) is 5. The zero-order valence-electron chi connectivity index (χ0n) is 15.2.